The first-order valence-electron chi connectivity index (χ1n) is 9.35. The van der Waals surface area contributed by atoms with Crippen LogP contribution in [-0.2, 0) is 17.8 Å². The smallest absolute Gasteiger partial charge is 0.303 e. The minimum Gasteiger partial charge on any atom is -0.497 e. The number of hydrogen-bond acceptors (Lipinski definition) is 5. The van der Waals surface area contributed by atoms with Crippen LogP contribution in [0.25, 0.3) is 21.3 Å². The molecule has 0 unspecified atom stereocenters. The third-order valence-electron chi connectivity index (χ3n) is 4.67. The third kappa shape index (κ3) is 3.94. The van der Waals surface area contributed by atoms with Gasteiger partial charge in [0.15, 0.2) is 0 Å². The number of methoxy groups -OCH3 is 1. The summed E-state index contributed by atoms with van der Waals surface area (Å²) in [4.78, 5) is 30.8. The molecule has 0 bridgehead atoms. The monoisotopic (exact) mass is 400 g/mol. The van der Waals surface area contributed by atoms with Crippen LogP contribution in [0.15, 0.2) is 29.1 Å². The fourth-order valence-corrected chi connectivity index (χ4v) is 4.45. The van der Waals surface area contributed by atoms with Crippen LogP contribution in [0.5, 0.6) is 5.75 Å². The van der Waals surface area contributed by atoms with E-state index in [1.807, 2.05) is 38.1 Å². The highest BCUT2D eigenvalue weighted by Crippen LogP contribution is 2.37. The van der Waals surface area contributed by atoms with Crippen LogP contribution >= 0.6 is 11.3 Å². The summed E-state index contributed by atoms with van der Waals surface area (Å²) in [7, 11) is 1.62. The highest BCUT2D eigenvalue weighted by atomic mass is 32.1. The first-order chi connectivity index (χ1) is 13.5. The number of rotatable bonds is 8. The summed E-state index contributed by atoms with van der Waals surface area (Å²) in [5, 5.41) is 9.54. The van der Waals surface area contributed by atoms with Gasteiger partial charge in [0.25, 0.3) is 5.56 Å². The molecule has 0 aliphatic rings. The molecule has 3 rings (SSSR count). The Labute approximate surface area is 167 Å². The Balaban J connectivity index is 2.19. The molecule has 0 radical (unpaired) electrons. The fraction of sp³-hybridized carbons (Fsp3) is 0.381. The number of aryl methyl sites for hydroxylation is 2. The van der Waals surface area contributed by atoms with Gasteiger partial charge >= 0.3 is 5.97 Å². The molecular formula is C21H24N2O4S. The predicted molar refractivity (Wildman–Crippen MR) is 111 cm³/mol. The standard InChI is InChI=1S/C21H24N2O4S/c1-4-7-16-22-20-19(21(26)23(16)11-6-10-17(24)25)18(13(2)28-20)14-8-5-9-15(12-14)27-3/h5,8-9,12H,4,6-7,10-11H2,1-3H3,(H,24,25). The van der Waals surface area contributed by atoms with Gasteiger partial charge in [-0.2, -0.15) is 0 Å². The van der Waals surface area contributed by atoms with Crippen LogP contribution in [0, 0.1) is 6.92 Å². The predicted octanol–water partition coefficient (Wildman–Crippen LogP) is 4.26. The number of aliphatic carboxylic acids is 1. The van der Waals surface area contributed by atoms with Crippen molar-refractivity contribution in [3.8, 4) is 16.9 Å². The van der Waals surface area contributed by atoms with Gasteiger partial charge in [0, 0.05) is 29.8 Å². The molecule has 6 nitrogen and oxygen atoms in total. The topological polar surface area (TPSA) is 81.4 Å². The summed E-state index contributed by atoms with van der Waals surface area (Å²) in [5.41, 5.74) is 1.70. The zero-order valence-corrected chi connectivity index (χ0v) is 17.1. The molecule has 1 N–H and O–H groups in total. The van der Waals surface area contributed by atoms with Crippen molar-refractivity contribution in [3.63, 3.8) is 0 Å². The Kier molecular flexibility index (Phi) is 6.14. The van der Waals surface area contributed by atoms with Crippen LogP contribution in [0.1, 0.15) is 36.9 Å². The maximum absolute atomic E-state index is 13.4. The molecule has 0 spiro atoms. The van der Waals surface area contributed by atoms with Crippen molar-refractivity contribution in [1.82, 2.24) is 9.55 Å². The van der Waals surface area contributed by atoms with E-state index >= 15 is 0 Å². The van der Waals surface area contributed by atoms with Crippen molar-refractivity contribution >= 4 is 27.5 Å². The molecular weight excluding hydrogens is 376 g/mol. The number of aromatic nitrogens is 2. The Morgan fingerprint density at radius 2 is 2.14 bits per heavy atom. The minimum atomic E-state index is -0.859. The van der Waals surface area contributed by atoms with Crippen LogP contribution in [0.4, 0.5) is 0 Å². The Bertz CT molecular complexity index is 1070. The number of thiophene rings is 1. The lowest BCUT2D eigenvalue weighted by Crippen LogP contribution is -2.25. The van der Waals surface area contributed by atoms with Crippen molar-refractivity contribution in [3.05, 3.63) is 45.3 Å². The van der Waals surface area contributed by atoms with Gasteiger partial charge in [-0.05, 0) is 37.5 Å². The summed E-state index contributed by atoms with van der Waals surface area (Å²) >= 11 is 1.52. The summed E-state index contributed by atoms with van der Waals surface area (Å²) in [6, 6.07) is 7.66. The lowest BCUT2D eigenvalue weighted by Gasteiger charge is -2.12. The van der Waals surface area contributed by atoms with Crippen LogP contribution in [0.3, 0.4) is 0 Å². The molecule has 3 aromatic rings. The van der Waals surface area contributed by atoms with Gasteiger partial charge in [-0.25, -0.2) is 4.98 Å². The van der Waals surface area contributed by atoms with E-state index in [4.69, 9.17) is 14.8 Å². The van der Waals surface area contributed by atoms with Crippen molar-refractivity contribution in [2.75, 3.05) is 7.11 Å². The molecule has 148 valence electrons. The molecule has 0 saturated carbocycles. The summed E-state index contributed by atoms with van der Waals surface area (Å²) in [6.45, 7) is 4.39. The van der Waals surface area contributed by atoms with Crippen molar-refractivity contribution in [2.24, 2.45) is 0 Å². The largest absolute Gasteiger partial charge is 0.497 e. The quantitative estimate of drug-likeness (QED) is 0.611. The number of carbonyl (C=O) groups is 1. The van der Waals surface area contributed by atoms with Crippen molar-refractivity contribution in [2.45, 2.75) is 46.1 Å². The molecule has 0 fully saturated rings. The van der Waals surface area contributed by atoms with Gasteiger partial charge < -0.3 is 9.84 Å². The first kappa shape index (κ1) is 20.1. The molecule has 7 heteroatoms. The van der Waals surface area contributed by atoms with Gasteiger partial charge in [0.2, 0.25) is 0 Å². The van der Waals surface area contributed by atoms with Crippen molar-refractivity contribution < 1.29 is 14.6 Å². The zero-order chi connectivity index (χ0) is 20.3. The number of carboxylic acid groups (broad SMARTS) is 1. The van der Waals surface area contributed by atoms with Crippen LogP contribution in [-0.4, -0.2) is 27.7 Å². The maximum Gasteiger partial charge on any atom is 0.303 e. The first-order valence-corrected chi connectivity index (χ1v) is 10.2. The summed E-state index contributed by atoms with van der Waals surface area (Å²) in [6.07, 6.45) is 1.98. The van der Waals surface area contributed by atoms with Gasteiger partial charge in [-0.1, -0.05) is 19.1 Å². The molecule has 1 aromatic carbocycles. The van der Waals surface area contributed by atoms with Crippen LogP contribution in [0.2, 0.25) is 0 Å². The lowest BCUT2D eigenvalue weighted by atomic mass is 10.0. The van der Waals surface area contributed by atoms with E-state index in [1.54, 1.807) is 11.7 Å². The molecule has 0 aliphatic heterocycles. The number of benzene rings is 1. The van der Waals surface area contributed by atoms with E-state index < -0.39 is 5.97 Å². The second-order valence-corrected chi connectivity index (χ2v) is 7.88. The SMILES string of the molecule is CCCc1nc2sc(C)c(-c3cccc(OC)c3)c2c(=O)n1CCCC(=O)O. The zero-order valence-electron chi connectivity index (χ0n) is 16.3. The summed E-state index contributed by atoms with van der Waals surface area (Å²) in [5.74, 6) is 0.597. The van der Waals surface area contributed by atoms with E-state index in [-0.39, 0.29) is 12.0 Å². The highest BCUT2D eigenvalue weighted by molar-refractivity contribution is 7.19. The number of nitrogens with zero attached hydrogens (tertiary/aromatic N) is 2. The molecule has 0 aliphatic carbocycles. The average Bonchev–Trinajstić information content (AvgIpc) is 3.00. The molecule has 28 heavy (non-hydrogen) atoms. The second-order valence-electron chi connectivity index (χ2n) is 6.68. The Morgan fingerprint density at radius 1 is 1.36 bits per heavy atom. The van der Waals surface area contributed by atoms with E-state index in [2.05, 4.69) is 0 Å². The van der Waals surface area contributed by atoms with E-state index in [0.717, 1.165) is 38.8 Å². The summed E-state index contributed by atoms with van der Waals surface area (Å²) < 4.78 is 6.99. The average molecular weight is 401 g/mol. The van der Waals surface area contributed by atoms with Gasteiger partial charge in [0.05, 0.1) is 12.5 Å². The fourth-order valence-electron chi connectivity index (χ4n) is 3.40. The number of fused-ring (bicyclic) bond motifs is 1. The van der Waals surface area contributed by atoms with Crippen LogP contribution < -0.4 is 10.3 Å². The maximum atomic E-state index is 13.4. The van der Waals surface area contributed by atoms with E-state index in [0.29, 0.717) is 24.8 Å². The third-order valence-corrected chi connectivity index (χ3v) is 5.67. The Hall–Kier alpha value is -2.67. The normalized spacial score (nSPS) is 11.1. The molecule has 2 heterocycles. The molecule has 2 aromatic heterocycles. The number of hydrogen-bond donors (Lipinski definition) is 1. The molecule has 0 saturated heterocycles. The molecule has 0 atom stereocenters. The highest BCUT2D eigenvalue weighted by Gasteiger charge is 2.20. The minimum absolute atomic E-state index is 0.0292. The number of ether oxygens (including phenoxy) is 1. The van der Waals surface area contributed by atoms with E-state index in [9.17, 15) is 9.59 Å². The van der Waals surface area contributed by atoms with Gasteiger partial charge in [0.1, 0.15) is 16.4 Å². The van der Waals surface area contributed by atoms with E-state index in [1.165, 1.54) is 11.3 Å². The second kappa shape index (κ2) is 8.56. The number of carboxylic acids is 1. The Morgan fingerprint density at radius 3 is 2.82 bits per heavy atom. The lowest BCUT2D eigenvalue weighted by molar-refractivity contribution is -0.137. The van der Waals surface area contributed by atoms with Crippen molar-refractivity contribution in [1.29, 1.82) is 0 Å². The van der Waals surface area contributed by atoms with Gasteiger partial charge in [-0.3, -0.25) is 14.2 Å². The van der Waals surface area contributed by atoms with Gasteiger partial charge in [-0.15, -0.1) is 11.3 Å². The molecule has 0 amide bonds.